The van der Waals surface area contributed by atoms with E-state index >= 15 is 0 Å². The maximum Gasteiger partial charge on any atom is 0.231 e. The fraction of sp³-hybridized carbons (Fsp3) is 0.458. The summed E-state index contributed by atoms with van der Waals surface area (Å²) in [5.41, 5.74) is 1.80. The molecule has 29 heavy (non-hydrogen) atoms. The van der Waals surface area contributed by atoms with E-state index in [1.807, 2.05) is 25.4 Å². The van der Waals surface area contributed by atoms with Gasteiger partial charge in [0, 0.05) is 38.4 Å². The van der Waals surface area contributed by atoms with Crippen LogP contribution in [0.25, 0.3) is 0 Å². The molecule has 1 atom stereocenters. The first-order valence-electron chi connectivity index (χ1n) is 10.8. The Morgan fingerprint density at radius 1 is 1.00 bits per heavy atom. The molecule has 0 N–H and O–H groups in total. The van der Waals surface area contributed by atoms with Crippen molar-refractivity contribution in [3.05, 3.63) is 77.8 Å². The summed E-state index contributed by atoms with van der Waals surface area (Å²) >= 11 is 0. The summed E-state index contributed by atoms with van der Waals surface area (Å²) in [6.07, 6.45) is 10.2. The Labute approximate surface area is 172 Å². The van der Waals surface area contributed by atoms with Crippen molar-refractivity contribution < 1.29 is 4.42 Å². The zero-order chi connectivity index (χ0) is 19.7. The highest BCUT2D eigenvalue weighted by molar-refractivity contribution is 5.44. The van der Waals surface area contributed by atoms with Gasteiger partial charge in [-0.3, -0.25) is 4.98 Å². The molecule has 5 nitrogen and oxygen atoms in total. The van der Waals surface area contributed by atoms with Gasteiger partial charge in [-0.1, -0.05) is 36.4 Å². The van der Waals surface area contributed by atoms with Gasteiger partial charge < -0.3 is 9.32 Å². The van der Waals surface area contributed by atoms with Crippen LogP contribution in [0.3, 0.4) is 0 Å². The molecule has 0 radical (unpaired) electrons. The third-order valence-corrected chi connectivity index (χ3v) is 6.91. The number of hydrogen-bond acceptors (Lipinski definition) is 5. The van der Waals surface area contributed by atoms with Crippen molar-refractivity contribution in [3.63, 3.8) is 0 Å². The highest BCUT2D eigenvalue weighted by Gasteiger charge is 2.43. The Morgan fingerprint density at radius 2 is 1.79 bits per heavy atom. The molecule has 1 aliphatic carbocycles. The number of hydrogen-bond donors (Lipinski definition) is 0. The number of aromatic nitrogens is 3. The molecule has 5 heteroatoms. The van der Waals surface area contributed by atoms with E-state index in [1.54, 1.807) is 0 Å². The summed E-state index contributed by atoms with van der Waals surface area (Å²) in [5.74, 6) is 2.13. The summed E-state index contributed by atoms with van der Waals surface area (Å²) in [5, 5.41) is 8.71. The van der Waals surface area contributed by atoms with Crippen molar-refractivity contribution in [2.24, 2.45) is 5.92 Å². The van der Waals surface area contributed by atoms with E-state index in [0.717, 1.165) is 30.5 Å². The fourth-order valence-corrected chi connectivity index (χ4v) is 5.37. The first-order valence-corrected chi connectivity index (χ1v) is 10.8. The first kappa shape index (κ1) is 18.5. The lowest BCUT2D eigenvalue weighted by atomic mass is 9.71. The van der Waals surface area contributed by atoms with Gasteiger partial charge in [0.2, 0.25) is 11.8 Å². The van der Waals surface area contributed by atoms with Gasteiger partial charge >= 0.3 is 0 Å². The summed E-state index contributed by atoms with van der Waals surface area (Å²) in [6, 6.07) is 15.5. The van der Waals surface area contributed by atoms with Gasteiger partial charge in [-0.05, 0) is 55.2 Å². The van der Waals surface area contributed by atoms with Crippen LogP contribution in [0.1, 0.15) is 55.0 Å². The van der Waals surface area contributed by atoms with Crippen molar-refractivity contribution in [3.8, 4) is 0 Å². The number of rotatable bonds is 6. The lowest BCUT2D eigenvalue weighted by Crippen LogP contribution is -2.49. The van der Waals surface area contributed by atoms with Gasteiger partial charge in [0.05, 0.1) is 0 Å². The molecule has 2 aromatic heterocycles. The van der Waals surface area contributed by atoms with Crippen LogP contribution in [0.5, 0.6) is 0 Å². The average Bonchev–Trinajstić information content (AvgIpc) is 3.23. The van der Waals surface area contributed by atoms with Gasteiger partial charge in [-0.25, -0.2) is 0 Å². The molecule has 3 aliphatic rings. The summed E-state index contributed by atoms with van der Waals surface area (Å²) in [7, 11) is 0. The van der Waals surface area contributed by atoms with Crippen LogP contribution in [0, 0.1) is 12.8 Å². The van der Waals surface area contributed by atoms with Crippen molar-refractivity contribution in [2.75, 3.05) is 13.1 Å². The van der Waals surface area contributed by atoms with Gasteiger partial charge in [0.25, 0.3) is 0 Å². The molecule has 1 aromatic carbocycles. The van der Waals surface area contributed by atoms with Crippen molar-refractivity contribution in [1.29, 1.82) is 0 Å². The molecule has 0 spiro atoms. The molecule has 2 bridgehead atoms. The molecule has 2 aliphatic heterocycles. The number of pyridine rings is 1. The van der Waals surface area contributed by atoms with Crippen molar-refractivity contribution in [2.45, 2.75) is 50.5 Å². The number of aryl methyl sites for hydroxylation is 1. The predicted octanol–water partition coefficient (Wildman–Crippen LogP) is 4.37. The van der Waals surface area contributed by atoms with Crippen LogP contribution in [0.15, 0.2) is 59.3 Å². The van der Waals surface area contributed by atoms with E-state index in [9.17, 15) is 0 Å². The summed E-state index contributed by atoms with van der Waals surface area (Å²) < 4.78 is 6.09. The molecule has 3 aromatic rings. The monoisotopic (exact) mass is 388 g/mol. The minimum Gasteiger partial charge on any atom is -0.424 e. The van der Waals surface area contributed by atoms with Gasteiger partial charge in [0.15, 0.2) is 0 Å². The van der Waals surface area contributed by atoms with Crippen molar-refractivity contribution >= 4 is 0 Å². The van der Waals surface area contributed by atoms with E-state index in [0.29, 0.717) is 11.8 Å². The number of fused-ring (bicyclic) bond motifs is 3. The number of piperidine rings is 2. The Balaban J connectivity index is 1.58. The zero-order valence-electron chi connectivity index (χ0n) is 17.0. The Bertz CT molecular complexity index is 892. The second-order valence-electron chi connectivity index (χ2n) is 8.56. The van der Waals surface area contributed by atoms with E-state index in [2.05, 4.69) is 56.5 Å². The topological polar surface area (TPSA) is 55.1 Å². The van der Waals surface area contributed by atoms with E-state index in [1.165, 1.54) is 37.8 Å². The smallest absolute Gasteiger partial charge is 0.231 e. The highest BCUT2D eigenvalue weighted by atomic mass is 16.4. The zero-order valence-corrected chi connectivity index (χ0v) is 17.0. The first-order chi connectivity index (χ1) is 14.3. The van der Waals surface area contributed by atoms with Gasteiger partial charge in [-0.2, -0.15) is 0 Å². The largest absolute Gasteiger partial charge is 0.424 e. The maximum absolute atomic E-state index is 6.09. The number of benzene rings is 1. The molecular formula is C24H28N4O. The normalized spacial score (nSPS) is 23.8. The molecule has 1 unspecified atom stereocenters. The Morgan fingerprint density at radius 3 is 2.41 bits per heavy atom. The van der Waals surface area contributed by atoms with Gasteiger partial charge in [-0.15, -0.1) is 10.2 Å². The third-order valence-electron chi connectivity index (χ3n) is 6.91. The van der Waals surface area contributed by atoms with Crippen LogP contribution < -0.4 is 0 Å². The van der Waals surface area contributed by atoms with Crippen molar-refractivity contribution in [1.82, 2.24) is 20.1 Å². The highest BCUT2D eigenvalue weighted by Crippen LogP contribution is 2.43. The molecule has 6 rings (SSSR count). The maximum atomic E-state index is 6.09. The predicted molar refractivity (Wildman–Crippen MR) is 112 cm³/mol. The number of nitrogens with zero attached hydrogens (tertiary/aromatic N) is 4. The molecule has 0 amide bonds. The second kappa shape index (κ2) is 7.71. The van der Waals surface area contributed by atoms with E-state index in [-0.39, 0.29) is 0 Å². The molecule has 1 saturated carbocycles. The minimum absolute atomic E-state index is 0.493. The van der Waals surface area contributed by atoms with Crippen LogP contribution in [-0.4, -0.2) is 39.2 Å². The second-order valence-corrected chi connectivity index (χ2v) is 8.56. The summed E-state index contributed by atoms with van der Waals surface area (Å²) in [6.45, 7) is 4.11. The van der Waals surface area contributed by atoms with Crippen LogP contribution in [-0.2, 0) is 5.41 Å². The minimum atomic E-state index is -0.493. The average molecular weight is 389 g/mol. The SMILES string of the molecule is Cc1nnc(C(CCN2CC3CCC2CC3)(c2ccccc2)c2cccnc2)o1. The molecule has 150 valence electrons. The molecule has 2 saturated heterocycles. The van der Waals surface area contributed by atoms with Gasteiger partial charge in [0.1, 0.15) is 5.41 Å². The molecular weight excluding hydrogens is 360 g/mol. The standard InChI is InChI=1S/C24H28N4O/c1-18-26-27-23(29-18)24(20-6-3-2-4-7-20,21-8-5-14-25-16-21)13-15-28-17-19-9-11-22(28)12-10-19/h2-8,14,16,19,22H,9-13,15,17H2,1H3. The molecule has 3 fully saturated rings. The van der Waals surface area contributed by atoms with Crippen LogP contribution in [0.4, 0.5) is 0 Å². The van der Waals surface area contributed by atoms with E-state index in [4.69, 9.17) is 4.42 Å². The Kier molecular flexibility index (Phi) is 4.92. The summed E-state index contributed by atoms with van der Waals surface area (Å²) in [4.78, 5) is 7.14. The Hall–Kier alpha value is -2.53. The lowest BCUT2D eigenvalue weighted by Gasteiger charge is -2.46. The fourth-order valence-electron chi connectivity index (χ4n) is 5.37. The van der Waals surface area contributed by atoms with Crippen LogP contribution in [0.2, 0.25) is 0 Å². The quantitative estimate of drug-likeness (QED) is 0.627. The lowest BCUT2D eigenvalue weighted by molar-refractivity contribution is 0.0445. The molecule has 4 heterocycles. The van der Waals surface area contributed by atoms with E-state index < -0.39 is 5.41 Å². The van der Waals surface area contributed by atoms with Crippen LogP contribution >= 0.6 is 0 Å². The third kappa shape index (κ3) is 3.38.